The molecule has 0 unspecified atom stereocenters. The maximum Gasteiger partial charge on any atom is 0.236 e. The number of hydrogen-bond donors (Lipinski definition) is 2. The minimum Gasteiger partial charge on any atom is -0.357 e. The number of nitrogens with one attached hydrogen (secondary N) is 2. The number of anilines is 1. The van der Waals surface area contributed by atoms with Crippen molar-refractivity contribution < 1.29 is 8.42 Å². The molecule has 7 nitrogen and oxygen atoms in total. The fraction of sp³-hybridized carbons (Fsp3) is 0.667. The largest absolute Gasteiger partial charge is 0.357 e. The second-order valence-electron chi connectivity index (χ2n) is 7.88. The van der Waals surface area contributed by atoms with Crippen molar-refractivity contribution in [1.82, 2.24) is 15.5 Å². The third-order valence-electron chi connectivity index (χ3n) is 5.13. The van der Waals surface area contributed by atoms with E-state index in [1.807, 2.05) is 31.2 Å². The van der Waals surface area contributed by atoms with Crippen molar-refractivity contribution in [3.63, 3.8) is 0 Å². The van der Waals surface area contributed by atoms with Gasteiger partial charge in [0.15, 0.2) is 5.96 Å². The molecule has 30 heavy (non-hydrogen) atoms. The lowest BCUT2D eigenvalue weighted by Crippen LogP contribution is -2.43. The van der Waals surface area contributed by atoms with Crippen molar-refractivity contribution in [3.05, 3.63) is 29.8 Å². The van der Waals surface area contributed by atoms with Gasteiger partial charge in [-0.25, -0.2) is 8.42 Å². The molecule has 2 rings (SSSR count). The molecule has 0 atom stereocenters. The zero-order valence-corrected chi connectivity index (χ0v) is 22.0. The van der Waals surface area contributed by atoms with Crippen LogP contribution >= 0.6 is 24.0 Å². The monoisotopic (exact) mass is 551 g/mol. The van der Waals surface area contributed by atoms with Gasteiger partial charge in [-0.1, -0.05) is 18.2 Å². The minimum atomic E-state index is -3.36. The molecule has 0 amide bonds. The summed E-state index contributed by atoms with van der Waals surface area (Å²) in [4.78, 5) is 7.01. The Balaban J connectivity index is 0.00000450. The van der Waals surface area contributed by atoms with E-state index in [1.54, 1.807) is 0 Å². The summed E-state index contributed by atoms with van der Waals surface area (Å²) in [6.45, 7) is 13.9. The van der Waals surface area contributed by atoms with Crippen LogP contribution < -0.4 is 14.9 Å². The summed E-state index contributed by atoms with van der Waals surface area (Å²) < 4.78 is 27.2. The van der Waals surface area contributed by atoms with Crippen molar-refractivity contribution in [2.45, 2.75) is 53.1 Å². The molecule has 0 saturated carbocycles. The van der Waals surface area contributed by atoms with Crippen LogP contribution in [0, 0.1) is 0 Å². The highest BCUT2D eigenvalue weighted by Crippen LogP contribution is 2.29. The molecule has 172 valence electrons. The quantitative estimate of drug-likeness (QED) is 0.266. The Hall–Kier alpha value is -1.07. The first-order valence-corrected chi connectivity index (χ1v) is 12.2. The zero-order chi connectivity index (χ0) is 21.4. The van der Waals surface area contributed by atoms with E-state index in [4.69, 9.17) is 0 Å². The number of para-hydroxylation sites is 1. The topological polar surface area (TPSA) is 77.0 Å². The highest BCUT2D eigenvalue weighted by atomic mass is 127. The molecule has 0 aliphatic carbocycles. The Labute approximate surface area is 199 Å². The molecule has 2 N–H and O–H groups in total. The highest BCUT2D eigenvalue weighted by Gasteiger charge is 2.28. The number of nitrogens with zero attached hydrogens (tertiary/aromatic N) is 3. The fourth-order valence-corrected chi connectivity index (χ4v) is 5.16. The SMILES string of the molecule is CCNC(=NCCN(C(C)C)C(C)C)NCCS(=O)(=O)N1CCc2ccccc21.I. The van der Waals surface area contributed by atoms with Crippen molar-refractivity contribution in [2.75, 3.05) is 42.8 Å². The van der Waals surface area contributed by atoms with Gasteiger partial charge >= 0.3 is 0 Å². The Morgan fingerprint density at radius 2 is 1.83 bits per heavy atom. The number of fused-ring (bicyclic) bond motifs is 1. The number of aliphatic imine (C=N–C) groups is 1. The van der Waals surface area contributed by atoms with Gasteiger partial charge in [-0.2, -0.15) is 0 Å². The molecule has 1 aromatic carbocycles. The predicted octanol–water partition coefficient (Wildman–Crippen LogP) is 2.67. The van der Waals surface area contributed by atoms with Gasteiger partial charge in [0.25, 0.3) is 0 Å². The third-order valence-corrected chi connectivity index (χ3v) is 6.90. The summed E-state index contributed by atoms with van der Waals surface area (Å²) in [5.41, 5.74) is 1.91. The molecule has 1 aliphatic rings. The van der Waals surface area contributed by atoms with Crippen LogP contribution in [0.3, 0.4) is 0 Å². The van der Waals surface area contributed by atoms with Gasteiger partial charge in [0, 0.05) is 38.3 Å². The summed E-state index contributed by atoms with van der Waals surface area (Å²) >= 11 is 0. The van der Waals surface area contributed by atoms with Crippen molar-refractivity contribution >= 4 is 45.6 Å². The lowest BCUT2D eigenvalue weighted by atomic mass is 10.2. The number of hydrogen-bond acceptors (Lipinski definition) is 4. The fourth-order valence-electron chi connectivity index (χ4n) is 3.74. The summed E-state index contributed by atoms with van der Waals surface area (Å²) in [6.07, 6.45) is 0.773. The maximum atomic E-state index is 12.8. The van der Waals surface area contributed by atoms with E-state index < -0.39 is 10.0 Å². The molecule has 1 aliphatic heterocycles. The van der Waals surface area contributed by atoms with E-state index >= 15 is 0 Å². The Morgan fingerprint density at radius 1 is 1.17 bits per heavy atom. The first kappa shape index (κ1) is 27.0. The highest BCUT2D eigenvalue weighted by molar-refractivity contribution is 14.0. The van der Waals surface area contributed by atoms with Gasteiger partial charge in [-0.3, -0.25) is 14.2 Å². The molecule has 9 heteroatoms. The van der Waals surface area contributed by atoms with Gasteiger partial charge in [0.2, 0.25) is 10.0 Å². The van der Waals surface area contributed by atoms with E-state index in [1.165, 1.54) is 4.31 Å². The molecular weight excluding hydrogens is 513 g/mol. The number of halogens is 1. The predicted molar refractivity (Wildman–Crippen MR) is 138 cm³/mol. The molecule has 0 aromatic heterocycles. The van der Waals surface area contributed by atoms with E-state index in [0.29, 0.717) is 37.7 Å². The van der Waals surface area contributed by atoms with Crippen LogP contribution in [0.25, 0.3) is 0 Å². The van der Waals surface area contributed by atoms with Crippen molar-refractivity contribution in [3.8, 4) is 0 Å². The van der Waals surface area contributed by atoms with E-state index in [-0.39, 0.29) is 29.7 Å². The summed E-state index contributed by atoms with van der Waals surface area (Å²) in [7, 11) is -3.36. The smallest absolute Gasteiger partial charge is 0.236 e. The van der Waals surface area contributed by atoms with Gasteiger partial charge in [0.05, 0.1) is 18.0 Å². The lowest BCUT2D eigenvalue weighted by Gasteiger charge is -2.29. The zero-order valence-electron chi connectivity index (χ0n) is 18.9. The van der Waals surface area contributed by atoms with Crippen LogP contribution in [0.5, 0.6) is 0 Å². The Morgan fingerprint density at radius 3 is 2.47 bits per heavy atom. The van der Waals surface area contributed by atoms with Gasteiger partial charge in [-0.05, 0) is 52.7 Å². The average Bonchev–Trinajstić information content (AvgIpc) is 3.09. The second-order valence-corrected chi connectivity index (χ2v) is 9.89. The third kappa shape index (κ3) is 7.56. The van der Waals surface area contributed by atoms with Crippen molar-refractivity contribution in [1.29, 1.82) is 0 Å². The summed E-state index contributed by atoms with van der Waals surface area (Å²) in [5.74, 6) is 0.701. The van der Waals surface area contributed by atoms with Crippen LogP contribution in [-0.2, 0) is 16.4 Å². The summed E-state index contributed by atoms with van der Waals surface area (Å²) in [6, 6.07) is 8.65. The van der Waals surface area contributed by atoms with Gasteiger partial charge in [0.1, 0.15) is 0 Å². The lowest BCUT2D eigenvalue weighted by molar-refractivity contribution is 0.181. The molecule has 0 bridgehead atoms. The number of rotatable bonds is 10. The molecular formula is C21H38IN5O2S. The first-order chi connectivity index (χ1) is 13.8. The maximum absolute atomic E-state index is 12.8. The minimum absolute atomic E-state index is 0. The van der Waals surface area contributed by atoms with E-state index in [9.17, 15) is 8.42 Å². The van der Waals surface area contributed by atoms with Crippen LogP contribution in [0.2, 0.25) is 0 Å². The van der Waals surface area contributed by atoms with Crippen LogP contribution in [0.15, 0.2) is 29.3 Å². The molecule has 1 aromatic rings. The average molecular weight is 552 g/mol. The van der Waals surface area contributed by atoms with Crippen LogP contribution in [-0.4, -0.2) is 69.8 Å². The van der Waals surface area contributed by atoms with E-state index in [0.717, 1.165) is 30.8 Å². The van der Waals surface area contributed by atoms with Gasteiger partial charge < -0.3 is 10.6 Å². The van der Waals surface area contributed by atoms with E-state index in [2.05, 4.69) is 48.2 Å². The molecule has 0 spiro atoms. The normalized spacial score (nSPS) is 14.3. The van der Waals surface area contributed by atoms with Crippen molar-refractivity contribution in [2.24, 2.45) is 4.99 Å². The van der Waals surface area contributed by atoms with Crippen LogP contribution in [0.4, 0.5) is 5.69 Å². The molecule has 1 heterocycles. The van der Waals surface area contributed by atoms with Crippen LogP contribution in [0.1, 0.15) is 40.2 Å². The molecule has 0 radical (unpaired) electrons. The Kier molecular flexibility index (Phi) is 11.4. The first-order valence-electron chi connectivity index (χ1n) is 10.6. The summed E-state index contributed by atoms with van der Waals surface area (Å²) in [5, 5.41) is 6.37. The molecule has 0 saturated heterocycles. The number of benzene rings is 1. The number of sulfonamides is 1. The second kappa shape index (κ2) is 12.7. The molecule has 0 fully saturated rings. The standard InChI is InChI=1S/C21H37N5O2S.HI/c1-6-22-21(23-12-15-25(17(2)3)18(4)5)24-13-16-29(27,28)26-14-11-19-9-7-8-10-20(19)26;/h7-10,17-18H,6,11-16H2,1-5H3,(H2,22,23,24);1H. The van der Waals surface area contributed by atoms with Gasteiger partial charge in [-0.15, -0.1) is 24.0 Å². The Bertz CT molecular complexity index is 775. The number of guanidine groups is 1.